The maximum Gasteiger partial charge on any atom is 0.295 e. The van der Waals surface area contributed by atoms with E-state index < -0.39 is 27.8 Å². The summed E-state index contributed by atoms with van der Waals surface area (Å²) in [5.41, 5.74) is 0.844. The van der Waals surface area contributed by atoms with Crippen LogP contribution in [-0.2, 0) is 29.1 Å². The molecule has 0 radical (unpaired) electrons. The lowest BCUT2D eigenvalue weighted by Gasteiger charge is -2.29. The number of amides is 1. The number of hydrogen-bond acceptors (Lipinski definition) is 8. The van der Waals surface area contributed by atoms with Crippen molar-refractivity contribution in [2.24, 2.45) is 0 Å². The summed E-state index contributed by atoms with van der Waals surface area (Å²) >= 11 is 6.10. The van der Waals surface area contributed by atoms with E-state index in [1.54, 1.807) is 24.3 Å². The van der Waals surface area contributed by atoms with Gasteiger partial charge >= 0.3 is 0 Å². The van der Waals surface area contributed by atoms with E-state index in [-0.39, 0.29) is 34.9 Å². The molecule has 0 saturated carbocycles. The Labute approximate surface area is 238 Å². The predicted molar refractivity (Wildman–Crippen MR) is 148 cm³/mol. The monoisotopic (exact) mass is 589 g/mol. The molecular formula is C28H32ClN3O7S. The molecule has 12 heteroatoms. The molecule has 3 fully saturated rings. The Morgan fingerprint density at radius 2 is 1.48 bits per heavy atom. The molecule has 3 heterocycles. The van der Waals surface area contributed by atoms with Gasteiger partial charge in [-0.3, -0.25) is 14.5 Å². The number of nitrogens with zero attached hydrogens (tertiary/aromatic N) is 3. The molecule has 10 nitrogen and oxygen atoms in total. The summed E-state index contributed by atoms with van der Waals surface area (Å²) in [6.07, 6.45) is 0.644. The lowest BCUT2D eigenvalue weighted by atomic mass is 9.95. The second kappa shape index (κ2) is 12.4. The molecule has 3 saturated heterocycles. The van der Waals surface area contributed by atoms with Crippen molar-refractivity contribution in [3.63, 3.8) is 0 Å². The molecule has 2 aromatic rings. The van der Waals surface area contributed by atoms with Crippen LogP contribution in [0.2, 0.25) is 5.02 Å². The Morgan fingerprint density at radius 3 is 2.10 bits per heavy atom. The van der Waals surface area contributed by atoms with Gasteiger partial charge in [-0.2, -0.15) is 4.31 Å². The third kappa shape index (κ3) is 5.95. The van der Waals surface area contributed by atoms with Gasteiger partial charge in [-0.1, -0.05) is 23.7 Å². The Morgan fingerprint density at radius 1 is 0.875 bits per heavy atom. The number of morpholine rings is 2. The van der Waals surface area contributed by atoms with Gasteiger partial charge in [-0.15, -0.1) is 0 Å². The van der Waals surface area contributed by atoms with Crippen molar-refractivity contribution in [3.05, 3.63) is 70.3 Å². The summed E-state index contributed by atoms with van der Waals surface area (Å²) in [6, 6.07) is 11.7. The molecule has 40 heavy (non-hydrogen) atoms. The zero-order chi connectivity index (χ0) is 28.3. The number of rotatable bonds is 8. The Balaban J connectivity index is 1.44. The minimum atomic E-state index is -3.73. The van der Waals surface area contributed by atoms with Gasteiger partial charge in [0.25, 0.3) is 11.7 Å². The molecule has 0 bridgehead atoms. The molecule has 214 valence electrons. The van der Waals surface area contributed by atoms with Crippen LogP contribution in [0.15, 0.2) is 59.0 Å². The van der Waals surface area contributed by atoms with Crippen LogP contribution in [0.3, 0.4) is 0 Å². The lowest BCUT2D eigenvalue weighted by molar-refractivity contribution is -0.140. The van der Waals surface area contributed by atoms with E-state index in [9.17, 15) is 23.1 Å². The number of ether oxygens (including phenoxy) is 2. The number of Topliss-reactive ketones (excluding diaryl/α,β-unsaturated/α-hetero) is 1. The van der Waals surface area contributed by atoms with Crippen LogP contribution in [0.1, 0.15) is 23.6 Å². The van der Waals surface area contributed by atoms with Gasteiger partial charge in [0.2, 0.25) is 10.0 Å². The minimum Gasteiger partial charge on any atom is -0.507 e. The van der Waals surface area contributed by atoms with Crippen molar-refractivity contribution >= 4 is 39.1 Å². The molecule has 1 atom stereocenters. The number of sulfonamides is 1. The average molecular weight is 590 g/mol. The molecule has 1 N–H and O–H groups in total. The van der Waals surface area contributed by atoms with E-state index in [0.717, 1.165) is 19.6 Å². The largest absolute Gasteiger partial charge is 0.507 e. The number of aliphatic hydroxyl groups is 1. The normalized spacial score (nSPS) is 22.6. The summed E-state index contributed by atoms with van der Waals surface area (Å²) in [4.78, 5) is 30.3. The van der Waals surface area contributed by atoms with Gasteiger partial charge in [0.1, 0.15) is 5.76 Å². The highest BCUT2D eigenvalue weighted by Crippen LogP contribution is 2.40. The zero-order valence-corrected chi connectivity index (χ0v) is 23.6. The fraction of sp³-hybridized carbons (Fsp3) is 0.429. The summed E-state index contributed by atoms with van der Waals surface area (Å²) in [5.74, 6) is -1.83. The summed E-state index contributed by atoms with van der Waals surface area (Å²) in [7, 11) is -3.73. The number of carbonyl (C=O) groups is 2. The van der Waals surface area contributed by atoms with Gasteiger partial charge in [-0.05, 0) is 48.4 Å². The fourth-order valence-electron chi connectivity index (χ4n) is 5.27. The van der Waals surface area contributed by atoms with E-state index in [0.29, 0.717) is 50.0 Å². The first kappa shape index (κ1) is 28.7. The van der Waals surface area contributed by atoms with Gasteiger partial charge in [0, 0.05) is 49.9 Å². The molecule has 0 aromatic heterocycles. The first-order valence-electron chi connectivity index (χ1n) is 13.3. The van der Waals surface area contributed by atoms with E-state index in [1.807, 2.05) is 0 Å². The number of aliphatic hydroxyl groups excluding tert-OH is 1. The van der Waals surface area contributed by atoms with Crippen molar-refractivity contribution in [1.82, 2.24) is 14.1 Å². The quantitative estimate of drug-likeness (QED) is 0.284. The smallest absolute Gasteiger partial charge is 0.295 e. The van der Waals surface area contributed by atoms with Crippen molar-refractivity contribution in [2.75, 3.05) is 65.7 Å². The van der Waals surface area contributed by atoms with Crippen LogP contribution < -0.4 is 0 Å². The topological polar surface area (TPSA) is 117 Å². The van der Waals surface area contributed by atoms with Crippen molar-refractivity contribution in [3.8, 4) is 0 Å². The molecule has 3 aliphatic rings. The highest BCUT2D eigenvalue weighted by molar-refractivity contribution is 7.89. The zero-order valence-electron chi connectivity index (χ0n) is 22.0. The summed E-state index contributed by atoms with van der Waals surface area (Å²) in [6.45, 7) is 5.23. The van der Waals surface area contributed by atoms with Crippen molar-refractivity contribution in [2.45, 2.75) is 17.4 Å². The number of ketones is 1. The molecule has 3 aliphatic heterocycles. The van der Waals surface area contributed by atoms with Gasteiger partial charge in [0.05, 0.1) is 42.9 Å². The number of hydrogen-bond donors (Lipinski definition) is 1. The van der Waals surface area contributed by atoms with Crippen LogP contribution in [0, 0.1) is 0 Å². The highest BCUT2D eigenvalue weighted by Gasteiger charge is 2.45. The molecular weight excluding hydrogens is 558 g/mol. The third-order valence-corrected chi connectivity index (χ3v) is 9.60. The first-order valence-corrected chi connectivity index (χ1v) is 15.1. The van der Waals surface area contributed by atoms with Crippen molar-refractivity contribution in [1.29, 1.82) is 0 Å². The SMILES string of the molecule is O=C1C(=O)N(CCCN2CCOCC2)[C@@H](c2ccc(Cl)cc2)C1=C(O)c1ccc(S(=O)(=O)N2CCOCC2)cc1. The van der Waals surface area contributed by atoms with Crippen LogP contribution >= 0.6 is 11.6 Å². The van der Waals surface area contributed by atoms with Gasteiger partial charge < -0.3 is 19.5 Å². The molecule has 1 amide bonds. The molecule has 0 spiro atoms. The molecule has 0 aliphatic carbocycles. The molecule has 2 aromatic carbocycles. The number of carbonyl (C=O) groups excluding carboxylic acids is 2. The Kier molecular flexibility index (Phi) is 8.89. The Bertz CT molecular complexity index is 1370. The van der Waals surface area contributed by atoms with Crippen LogP contribution in [-0.4, -0.2) is 105 Å². The van der Waals surface area contributed by atoms with E-state index >= 15 is 0 Å². The van der Waals surface area contributed by atoms with Gasteiger partial charge in [0.15, 0.2) is 0 Å². The van der Waals surface area contributed by atoms with E-state index in [1.165, 1.54) is 33.5 Å². The molecule has 5 rings (SSSR count). The maximum atomic E-state index is 13.3. The number of halogens is 1. The lowest BCUT2D eigenvalue weighted by Crippen LogP contribution is -2.40. The third-order valence-electron chi connectivity index (χ3n) is 7.44. The molecule has 0 unspecified atom stereocenters. The standard InChI is InChI=1S/C28H32ClN3O7S/c29-22-6-2-20(3-7-22)25-24(27(34)28(35)32(25)11-1-10-30-12-16-38-17-13-30)26(33)21-4-8-23(9-5-21)40(36,37)31-14-18-39-19-15-31/h2-9,25,33H,1,10-19H2/t25-/m0/s1. The van der Waals surface area contributed by atoms with E-state index in [4.69, 9.17) is 21.1 Å². The minimum absolute atomic E-state index is 0.0394. The maximum absolute atomic E-state index is 13.3. The average Bonchev–Trinajstić information content (AvgIpc) is 3.23. The van der Waals surface area contributed by atoms with Crippen LogP contribution in [0.4, 0.5) is 0 Å². The van der Waals surface area contributed by atoms with Gasteiger partial charge in [-0.25, -0.2) is 8.42 Å². The second-order valence-electron chi connectivity index (χ2n) is 9.89. The number of likely N-dealkylation sites (tertiary alicyclic amines) is 1. The summed E-state index contributed by atoms with van der Waals surface area (Å²) in [5, 5.41) is 11.8. The fourth-order valence-corrected chi connectivity index (χ4v) is 6.80. The number of benzene rings is 2. The summed E-state index contributed by atoms with van der Waals surface area (Å²) < 4.78 is 38.0. The highest BCUT2D eigenvalue weighted by atomic mass is 35.5. The van der Waals surface area contributed by atoms with Crippen LogP contribution in [0.25, 0.3) is 5.76 Å². The van der Waals surface area contributed by atoms with Crippen molar-refractivity contribution < 1.29 is 32.6 Å². The Hall–Kier alpha value is -2.80. The predicted octanol–water partition coefficient (Wildman–Crippen LogP) is 2.50. The first-order chi connectivity index (χ1) is 19.3. The second-order valence-corrected chi connectivity index (χ2v) is 12.3. The van der Waals surface area contributed by atoms with Crippen LogP contribution in [0.5, 0.6) is 0 Å². The van der Waals surface area contributed by atoms with E-state index in [2.05, 4.69) is 4.90 Å².